The molecule has 0 aliphatic carbocycles. The number of hydrogen-bond donors (Lipinski definition) is 1. The Morgan fingerprint density at radius 2 is 1.71 bits per heavy atom. The average molecular weight is 227 g/mol. The van der Waals surface area contributed by atoms with Crippen molar-refractivity contribution in [2.75, 3.05) is 0 Å². The third-order valence-electron chi connectivity index (χ3n) is 2.85. The number of rotatable bonds is 3. The van der Waals surface area contributed by atoms with Gasteiger partial charge < -0.3 is 10.5 Å². The Balaban J connectivity index is 2.22. The summed E-state index contributed by atoms with van der Waals surface area (Å²) in [6, 6.07) is 14.0. The van der Waals surface area contributed by atoms with Crippen molar-refractivity contribution in [1.82, 2.24) is 0 Å². The summed E-state index contributed by atoms with van der Waals surface area (Å²) in [5.74, 6) is 1.69. The smallest absolute Gasteiger partial charge is 0.127 e. The first kappa shape index (κ1) is 11.7. The van der Waals surface area contributed by atoms with E-state index in [-0.39, 0.29) is 0 Å². The largest absolute Gasteiger partial charge is 0.457 e. The number of benzene rings is 2. The molecule has 0 fully saturated rings. The molecule has 0 aliphatic rings. The summed E-state index contributed by atoms with van der Waals surface area (Å²) in [4.78, 5) is 0. The van der Waals surface area contributed by atoms with Crippen molar-refractivity contribution in [1.29, 1.82) is 0 Å². The first-order valence-electron chi connectivity index (χ1n) is 5.73. The normalized spacial score (nSPS) is 10.3. The molecule has 2 rings (SSSR count). The first-order valence-corrected chi connectivity index (χ1v) is 5.73. The zero-order valence-corrected chi connectivity index (χ0v) is 10.2. The van der Waals surface area contributed by atoms with Gasteiger partial charge in [0.25, 0.3) is 0 Å². The Bertz CT molecular complexity index is 520. The van der Waals surface area contributed by atoms with Crippen LogP contribution in [0.2, 0.25) is 0 Å². The topological polar surface area (TPSA) is 35.2 Å². The molecule has 0 aliphatic heterocycles. The van der Waals surface area contributed by atoms with E-state index in [1.165, 1.54) is 11.1 Å². The molecule has 0 atom stereocenters. The van der Waals surface area contributed by atoms with E-state index in [0.717, 1.165) is 17.1 Å². The van der Waals surface area contributed by atoms with E-state index < -0.39 is 0 Å². The van der Waals surface area contributed by atoms with Gasteiger partial charge in [0.2, 0.25) is 0 Å². The third-order valence-corrected chi connectivity index (χ3v) is 2.85. The lowest BCUT2D eigenvalue weighted by Crippen LogP contribution is -1.96. The SMILES string of the molecule is Cc1ccc(Oc2cccc(CN)c2)cc1C. The van der Waals surface area contributed by atoms with Crippen LogP contribution in [-0.4, -0.2) is 0 Å². The molecule has 17 heavy (non-hydrogen) atoms. The number of hydrogen-bond acceptors (Lipinski definition) is 2. The highest BCUT2D eigenvalue weighted by Crippen LogP contribution is 2.24. The maximum absolute atomic E-state index is 5.80. The number of nitrogens with two attached hydrogens (primary N) is 1. The van der Waals surface area contributed by atoms with Gasteiger partial charge in [0.1, 0.15) is 11.5 Å². The molecule has 88 valence electrons. The van der Waals surface area contributed by atoms with Gasteiger partial charge in [-0.1, -0.05) is 18.2 Å². The van der Waals surface area contributed by atoms with Crippen LogP contribution < -0.4 is 10.5 Å². The average Bonchev–Trinajstić information content (AvgIpc) is 2.34. The Kier molecular flexibility index (Phi) is 3.45. The quantitative estimate of drug-likeness (QED) is 0.870. The molecule has 0 amide bonds. The Hall–Kier alpha value is -1.80. The van der Waals surface area contributed by atoms with Crippen LogP contribution in [0.1, 0.15) is 16.7 Å². The van der Waals surface area contributed by atoms with E-state index in [1.807, 2.05) is 36.4 Å². The van der Waals surface area contributed by atoms with Crippen LogP contribution in [0.4, 0.5) is 0 Å². The molecule has 2 nitrogen and oxygen atoms in total. The van der Waals surface area contributed by atoms with Crippen LogP contribution in [-0.2, 0) is 6.54 Å². The van der Waals surface area contributed by atoms with Gasteiger partial charge in [-0.2, -0.15) is 0 Å². The van der Waals surface area contributed by atoms with E-state index >= 15 is 0 Å². The molecule has 2 aromatic carbocycles. The summed E-state index contributed by atoms with van der Waals surface area (Å²) in [6.45, 7) is 4.71. The van der Waals surface area contributed by atoms with Crippen molar-refractivity contribution in [2.45, 2.75) is 20.4 Å². The van der Waals surface area contributed by atoms with E-state index in [1.54, 1.807) is 0 Å². The second kappa shape index (κ2) is 5.02. The monoisotopic (exact) mass is 227 g/mol. The molecule has 0 unspecified atom stereocenters. The number of aryl methyl sites for hydroxylation is 2. The Morgan fingerprint density at radius 1 is 0.941 bits per heavy atom. The molecule has 0 heterocycles. The fraction of sp³-hybridized carbons (Fsp3) is 0.200. The van der Waals surface area contributed by atoms with Crippen molar-refractivity contribution in [3.05, 3.63) is 59.2 Å². The maximum Gasteiger partial charge on any atom is 0.127 e. The predicted octanol–water partition coefficient (Wildman–Crippen LogP) is 3.55. The van der Waals surface area contributed by atoms with Gasteiger partial charge in [0.15, 0.2) is 0 Å². The molecule has 0 spiro atoms. The third kappa shape index (κ3) is 2.86. The minimum atomic E-state index is 0.532. The fourth-order valence-electron chi connectivity index (χ4n) is 1.65. The molecular weight excluding hydrogens is 210 g/mol. The van der Waals surface area contributed by atoms with Crippen LogP contribution in [0, 0.1) is 13.8 Å². The number of ether oxygens (including phenoxy) is 1. The van der Waals surface area contributed by atoms with Gasteiger partial charge in [-0.25, -0.2) is 0 Å². The molecule has 0 saturated carbocycles. The Labute approximate surface area is 102 Å². The molecule has 2 heteroatoms. The summed E-state index contributed by atoms with van der Waals surface area (Å²) in [5, 5.41) is 0. The van der Waals surface area contributed by atoms with E-state index in [2.05, 4.69) is 19.9 Å². The lowest BCUT2D eigenvalue weighted by Gasteiger charge is -2.08. The lowest BCUT2D eigenvalue weighted by molar-refractivity contribution is 0.481. The van der Waals surface area contributed by atoms with Crippen molar-refractivity contribution in [2.24, 2.45) is 5.73 Å². The highest BCUT2D eigenvalue weighted by Gasteiger charge is 2.00. The molecule has 2 N–H and O–H groups in total. The molecule has 0 bridgehead atoms. The molecular formula is C15H17NO. The minimum Gasteiger partial charge on any atom is -0.457 e. The zero-order chi connectivity index (χ0) is 12.3. The molecule has 2 aromatic rings. The van der Waals surface area contributed by atoms with Gasteiger partial charge in [0, 0.05) is 6.54 Å². The van der Waals surface area contributed by atoms with Crippen LogP contribution in [0.25, 0.3) is 0 Å². The van der Waals surface area contributed by atoms with E-state index in [4.69, 9.17) is 10.5 Å². The predicted molar refractivity (Wildman–Crippen MR) is 70.3 cm³/mol. The lowest BCUT2D eigenvalue weighted by atomic mass is 10.1. The first-order chi connectivity index (χ1) is 8.19. The van der Waals surface area contributed by atoms with Gasteiger partial charge in [-0.3, -0.25) is 0 Å². The van der Waals surface area contributed by atoms with E-state index in [9.17, 15) is 0 Å². The van der Waals surface area contributed by atoms with Crippen LogP contribution in [0.3, 0.4) is 0 Å². The second-order valence-electron chi connectivity index (χ2n) is 4.20. The van der Waals surface area contributed by atoms with Crippen LogP contribution >= 0.6 is 0 Å². The highest BCUT2D eigenvalue weighted by molar-refractivity contribution is 5.38. The second-order valence-corrected chi connectivity index (χ2v) is 4.20. The van der Waals surface area contributed by atoms with Gasteiger partial charge >= 0.3 is 0 Å². The van der Waals surface area contributed by atoms with Gasteiger partial charge in [-0.15, -0.1) is 0 Å². The summed E-state index contributed by atoms with van der Waals surface area (Å²) in [7, 11) is 0. The van der Waals surface area contributed by atoms with Gasteiger partial charge in [-0.05, 0) is 54.8 Å². The summed E-state index contributed by atoms with van der Waals surface area (Å²) >= 11 is 0. The van der Waals surface area contributed by atoms with Crippen molar-refractivity contribution in [3.8, 4) is 11.5 Å². The fourth-order valence-corrected chi connectivity index (χ4v) is 1.65. The standard InChI is InChI=1S/C15H17NO/c1-11-6-7-15(8-12(11)2)17-14-5-3-4-13(9-14)10-16/h3-9H,10,16H2,1-2H3. The zero-order valence-electron chi connectivity index (χ0n) is 10.2. The van der Waals surface area contributed by atoms with Crippen molar-refractivity contribution in [3.63, 3.8) is 0 Å². The van der Waals surface area contributed by atoms with Crippen molar-refractivity contribution < 1.29 is 4.74 Å². The van der Waals surface area contributed by atoms with Crippen LogP contribution in [0.5, 0.6) is 11.5 Å². The van der Waals surface area contributed by atoms with Crippen LogP contribution in [0.15, 0.2) is 42.5 Å². The van der Waals surface area contributed by atoms with E-state index in [0.29, 0.717) is 6.54 Å². The molecule has 0 saturated heterocycles. The Morgan fingerprint density at radius 3 is 2.41 bits per heavy atom. The maximum atomic E-state index is 5.80. The highest BCUT2D eigenvalue weighted by atomic mass is 16.5. The molecule has 0 radical (unpaired) electrons. The summed E-state index contributed by atoms with van der Waals surface area (Å²) in [5.41, 5.74) is 9.18. The molecule has 0 aromatic heterocycles. The summed E-state index contributed by atoms with van der Waals surface area (Å²) < 4.78 is 5.80. The summed E-state index contributed by atoms with van der Waals surface area (Å²) in [6.07, 6.45) is 0. The van der Waals surface area contributed by atoms with Gasteiger partial charge in [0.05, 0.1) is 0 Å². The minimum absolute atomic E-state index is 0.532. The van der Waals surface area contributed by atoms with Crippen molar-refractivity contribution >= 4 is 0 Å².